The molecule has 1 heterocycles. The number of aryl methyl sites for hydroxylation is 4. The molecule has 158 valence electrons. The monoisotopic (exact) mass is 408 g/mol. The first-order valence-corrected chi connectivity index (χ1v) is 9.94. The van der Waals surface area contributed by atoms with Gasteiger partial charge in [-0.3, -0.25) is 4.79 Å². The van der Waals surface area contributed by atoms with Crippen LogP contribution in [0.2, 0.25) is 0 Å². The first kappa shape index (κ1) is 21.4. The predicted octanol–water partition coefficient (Wildman–Crippen LogP) is 4.64. The summed E-state index contributed by atoms with van der Waals surface area (Å²) in [6.07, 6.45) is 0. The van der Waals surface area contributed by atoms with E-state index in [1.165, 1.54) is 0 Å². The Labute approximate surface area is 177 Å². The molecule has 30 heavy (non-hydrogen) atoms. The number of hydrogen-bond donors (Lipinski definition) is 0. The number of aromatic nitrogens is 1. The molecule has 0 aliphatic carbocycles. The van der Waals surface area contributed by atoms with Gasteiger partial charge in [0.2, 0.25) is 0 Å². The van der Waals surface area contributed by atoms with Crippen LogP contribution >= 0.6 is 0 Å². The Morgan fingerprint density at radius 3 is 2.23 bits per heavy atom. The van der Waals surface area contributed by atoms with E-state index in [1.54, 1.807) is 36.2 Å². The number of likely N-dealkylation sites (N-methyl/N-ethyl adjacent to an activating group) is 1. The van der Waals surface area contributed by atoms with Gasteiger partial charge in [0, 0.05) is 12.6 Å². The Kier molecular flexibility index (Phi) is 6.77. The van der Waals surface area contributed by atoms with E-state index >= 15 is 0 Å². The molecule has 0 bridgehead atoms. The van der Waals surface area contributed by atoms with Gasteiger partial charge in [-0.15, -0.1) is 0 Å². The van der Waals surface area contributed by atoms with Crippen LogP contribution in [0.25, 0.3) is 0 Å². The zero-order valence-electron chi connectivity index (χ0n) is 18.2. The lowest BCUT2D eigenvalue weighted by molar-refractivity contribution is 0.0773. The molecule has 0 radical (unpaired) electrons. The number of rotatable bonds is 8. The second kappa shape index (κ2) is 9.48. The molecule has 0 saturated carbocycles. The molecule has 0 fully saturated rings. The van der Waals surface area contributed by atoms with Gasteiger partial charge in [0.1, 0.15) is 30.5 Å². The van der Waals surface area contributed by atoms with Crippen molar-refractivity contribution in [3.8, 4) is 11.5 Å². The summed E-state index contributed by atoms with van der Waals surface area (Å²) in [5.74, 6) is 2.21. The maximum atomic E-state index is 12.6. The Morgan fingerprint density at radius 1 is 0.967 bits per heavy atom. The van der Waals surface area contributed by atoms with Crippen LogP contribution in [-0.2, 0) is 6.61 Å². The molecule has 0 unspecified atom stereocenters. The van der Waals surface area contributed by atoms with E-state index in [9.17, 15) is 4.79 Å². The largest absolute Gasteiger partial charge is 0.492 e. The van der Waals surface area contributed by atoms with Crippen LogP contribution in [-0.4, -0.2) is 36.2 Å². The summed E-state index contributed by atoms with van der Waals surface area (Å²) in [6, 6.07) is 13.2. The molecule has 1 aromatic heterocycles. The van der Waals surface area contributed by atoms with Crippen LogP contribution in [0.3, 0.4) is 0 Å². The summed E-state index contributed by atoms with van der Waals surface area (Å²) >= 11 is 0. The van der Waals surface area contributed by atoms with Crippen molar-refractivity contribution in [1.82, 2.24) is 10.1 Å². The van der Waals surface area contributed by atoms with Gasteiger partial charge in [-0.2, -0.15) is 0 Å². The van der Waals surface area contributed by atoms with Gasteiger partial charge in [-0.25, -0.2) is 0 Å². The van der Waals surface area contributed by atoms with Crippen LogP contribution in [0, 0.1) is 27.7 Å². The Morgan fingerprint density at radius 2 is 1.63 bits per heavy atom. The summed E-state index contributed by atoms with van der Waals surface area (Å²) in [5.41, 5.74) is 4.69. The smallest absolute Gasteiger partial charge is 0.253 e. The third-order valence-corrected chi connectivity index (χ3v) is 4.90. The average Bonchev–Trinajstić information content (AvgIpc) is 3.03. The van der Waals surface area contributed by atoms with Crippen molar-refractivity contribution in [3.63, 3.8) is 0 Å². The number of benzene rings is 2. The molecule has 3 rings (SSSR count). The topological polar surface area (TPSA) is 64.8 Å². The molecule has 0 aliphatic heterocycles. The summed E-state index contributed by atoms with van der Waals surface area (Å²) in [6.45, 7) is 9.13. The number of hydrogen-bond acceptors (Lipinski definition) is 5. The van der Waals surface area contributed by atoms with E-state index in [2.05, 4.69) is 11.2 Å². The number of carbonyl (C=O) groups excluding carboxylic acids is 1. The van der Waals surface area contributed by atoms with E-state index in [4.69, 9.17) is 14.0 Å². The summed E-state index contributed by atoms with van der Waals surface area (Å²) < 4.78 is 16.7. The van der Waals surface area contributed by atoms with Crippen LogP contribution in [0.5, 0.6) is 11.5 Å². The first-order chi connectivity index (χ1) is 14.3. The molecule has 0 N–H and O–H groups in total. The fourth-order valence-electron chi connectivity index (χ4n) is 3.20. The summed E-state index contributed by atoms with van der Waals surface area (Å²) in [4.78, 5) is 14.3. The van der Waals surface area contributed by atoms with E-state index in [0.29, 0.717) is 31.1 Å². The minimum atomic E-state index is -0.0590. The lowest BCUT2D eigenvalue weighted by atomic mass is 10.1. The molecule has 0 aliphatic rings. The van der Waals surface area contributed by atoms with E-state index < -0.39 is 0 Å². The molecule has 3 aromatic rings. The molecule has 0 spiro atoms. The van der Waals surface area contributed by atoms with Gasteiger partial charge >= 0.3 is 0 Å². The molecule has 1 amide bonds. The maximum absolute atomic E-state index is 12.6. The lowest BCUT2D eigenvalue weighted by Gasteiger charge is -2.18. The van der Waals surface area contributed by atoms with Crippen LogP contribution in [0.4, 0.5) is 0 Å². The highest BCUT2D eigenvalue weighted by atomic mass is 16.5. The standard InChI is InChI=1S/C24H28N2O4/c1-16-12-17(2)14-22(13-16)28-11-10-26(5)24(27)20-6-8-21(9-7-20)29-15-23-18(3)25-30-19(23)4/h6-9,12-14H,10-11,15H2,1-5H3. The van der Waals surface area contributed by atoms with Gasteiger partial charge in [0.25, 0.3) is 5.91 Å². The predicted molar refractivity (Wildman–Crippen MR) is 115 cm³/mol. The van der Waals surface area contributed by atoms with Crippen molar-refractivity contribution in [1.29, 1.82) is 0 Å². The van der Waals surface area contributed by atoms with Gasteiger partial charge in [-0.1, -0.05) is 11.2 Å². The fraction of sp³-hybridized carbons (Fsp3) is 0.333. The highest BCUT2D eigenvalue weighted by Crippen LogP contribution is 2.19. The number of amides is 1. The van der Waals surface area contributed by atoms with Crippen LogP contribution in [0.1, 0.15) is 38.5 Å². The maximum Gasteiger partial charge on any atom is 0.253 e. The van der Waals surface area contributed by atoms with Gasteiger partial charge in [0.05, 0.1) is 17.8 Å². The average molecular weight is 408 g/mol. The Balaban J connectivity index is 1.50. The highest BCUT2D eigenvalue weighted by molar-refractivity contribution is 5.94. The van der Waals surface area contributed by atoms with Crippen molar-refractivity contribution in [3.05, 3.63) is 76.2 Å². The summed E-state index contributed by atoms with van der Waals surface area (Å²) in [7, 11) is 1.77. The third-order valence-electron chi connectivity index (χ3n) is 4.90. The zero-order valence-corrected chi connectivity index (χ0v) is 18.2. The van der Waals surface area contributed by atoms with Crippen molar-refractivity contribution in [2.24, 2.45) is 0 Å². The van der Waals surface area contributed by atoms with Crippen molar-refractivity contribution in [2.75, 3.05) is 20.2 Å². The number of ether oxygens (including phenoxy) is 2. The van der Waals surface area contributed by atoms with E-state index in [0.717, 1.165) is 33.9 Å². The second-order valence-corrected chi connectivity index (χ2v) is 7.51. The van der Waals surface area contributed by atoms with Crippen LogP contribution < -0.4 is 9.47 Å². The molecule has 6 nitrogen and oxygen atoms in total. The number of carbonyl (C=O) groups is 1. The quantitative estimate of drug-likeness (QED) is 0.543. The van der Waals surface area contributed by atoms with Crippen molar-refractivity contribution in [2.45, 2.75) is 34.3 Å². The molecular weight excluding hydrogens is 380 g/mol. The van der Waals surface area contributed by atoms with Crippen molar-refractivity contribution < 1.29 is 18.8 Å². The second-order valence-electron chi connectivity index (χ2n) is 7.51. The summed E-state index contributed by atoms with van der Waals surface area (Å²) in [5, 5.41) is 3.92. The van der Waals surface area contributed by atoms with E-state index in [1.807, 2.05) is 39.8 Å². The normalized spacial score (nSPS) is 10.7. The Bertz CT molecular complexity index is 969. The van der Waals surface area contributed by atoms with Crippen LogP contribution in [0.15, 0.2) is 47.0 Å². The molecule has 2 aromatic carbocycles. The van der Waals surface area contributed by atoms with Gasteiger partial charge in [-0.05, 0) is 75.2 Å². The molecule has 0 atom stereocenters. The zero-order chi connectivity index (χ0) is 21.7. The first-order valence-electron chi connectivity index (χ1n) is 9.94. The number of nitrogens with zero attached hydrogens (tertiary/aromatic N) is 2. The van der Waals surface area contributed by atoms with Gasteiger partial charge < -0.3 is 18.9 Å². The molecule has 0 saturated heterocycles. The SMILES string of the molecule is Cc1cc(C)cc(OCCN(C)C(=O)c2ccc(OCc3c(C)noc3C)cc2)c1. The third kappa shape index (κ3) is 5.41. The van der Waals surface area contributed by atoms with E-state index in [-0.39, 0.29) is 5.91 Å². The molecular formula is C24H28N2O4. The highest BCUT2D eigenvalue weighted by Gasteiger charge is 2.13. The van der Waals surface area contributed by atoms with Gasteiger partial charge in [0.15, 0.2) is 0 Å². The Hall–Kier alpha value is -3.28. The minimum Gasteiger partial charge on any atom is -0.492 e. The molecule has 6 heteroatoms. The minimum absolute atomic E-state index is 0.0590. The van der Waals surface area contributed by atoms with Crippen molar-refractivity contribution >= 4 is 5.91 Å². The lowest BCUT2D eigenvalue weighted by Crippen LogP contribution is -2.30. The fourth-order valence-corrected chi connectivity index (χ4v) is 3.20.